The minimum atomic E-state index is 0.608. The summed E-state index contributed by atoms with van der Waals surface area (Å²) >= 11 is 0. The largest absolute Gasteiger partial charge is 0.363 e. The van der Waals surface area contributed by atoms with E-state index in [1.54, 1.807) is 0 Å². The Morgan fingerprint density at radius 1 is 0.714 bits per heavy atom. The number of benzene rings is 2. The minimum Gasteiger partial charge on any atom is -0.363 e. The lowest BCUT2D eigenvalue weighted by Gasteiger charge is -2.06. The molecule has 0 amide bonds. The Morgan fingerprint density at radius 2 is 1.46 bits per heavy atom. The van der Waals surface area contributed by atoms with E-state index in [1.807, 2.05) is 24.5 Å². The first-order valence-electron chi connectivity index (χ1n) is 9.31. The summed E-state index contributed by atoms with van der Waals surface area (Å²) in [7, 11) is 0. The molecule has 4 aromatic heterocycles. The average Bonchev–Trinajstić information content (AvgIpc) is 3.30. The first-order valence-corrected chi connectivity index (χ1v) is 9.31. The molecule has 0 fully saturated rings. The third kappa shape index (κ3) is 2.26. The number of rotatable bonds is 3. The summed E-state index contributed by atoms with van der Waals surface area (Å²) < 4.78 is 0. The summed E-state index contributed by atoms with van der Waals surface area (Å²) in [6.45, 7) is 0.608. The van der Waals surface area contributed by atoms with Gasteiger partial charge in [-0.15, -0.1) is 0 Å². The van der Waals surface area contributed by atoms with Crippen LogP contribution in [0.1, 0.15) is 5.69 Å². The summed E-state index contributed by atoms with van der Waals surface area (Å²) in [4.78, 5) is 16.1. The van der Waals surface area contributed by atoms with Crippen molar-refractivity contribution in [2.45, 2.75) is 6.54 Å². The highest BCUT2D eigenvalue weighted by atomic mass is 15.0. The summed E-state index contributed by atoms with van der Waals surface area (Å²) in [6, 6.07) is 20.8. The van der Waals surface area contributed by atoms with Crippen molar-refractivity contribution in [2.24, 2.45) is 0 Å². The summed E-state index contributed by atoms with van der Waals surface area (Å²) in [5.41, 5.74) is 5.31. The van der Waals surface area contributed by atoms with Gasteiger partial charge in [0, 0.05) is 38.8 Å². The molecule has 0 aliphatic carbocycles. The van der Waals surface area contributed by atoms with E-state index in [0.717, 1.165) is 33.6 Å². The number of pyridine rings is 2. The molecule has 6 rings (SSSR count). The van der Waals surface area contributed by atoms with E-state index in [9.17, 15) is 0 Å². The van der Waals surface area contributed by atoms with Gasteiger partial charge in [0.2, 0.25) is 0 Å². The van der Waals surface area contributed by atoms with Crippen LogP contribution in [0.25, 0.3) is 43.6 Å². The van der Waals surface area contributed by atoms with Crippen molar-refractivity contribution in [1.82, 2.24) is 19.9 Å². The third-order valence-electron chi connectivity index (χ3n) is 5.31. The Balaban J connectivity index is 1.38. The Morgan fingerprint density at radius 3 is 2.32 bits per heavy atom. The molecule has 0 saturated carbocycles. The van der Waals surface area contributed by atoms with Crippen molar-refractivity contribution < 1.29 is 0 Å². The number of hydrogen-bond acceptors (Lipinski definition) is 3. The lowest BCUT2D eigenvalue weighted by molar-refractivity contribution is 1.04. The lowest BCUT2D eigenvalue weighted by atomic mass is 10.1. The van der Waals surface area contributed by atoms with Crippen molar-refractivity contribution >= 4 is 49.4 Å². The third-order valence-corrected chi connectivity index (χ3v) is 5.31. The van der Waals surface area contributed by atoms with Crippen molar-refractivity contribution in [3.8, 4) is 0 Å². The van der Waals surface area contributed by atoms with Gasteiger partial charge in [-0.2, -0.15) is 0 Å². The molecule has 134 valence electrons. The number of nitrogens with zero attached hydrogens (tertiary/aromatic N) is 2. The predicted octanol–water partition coefficient (Wildman–Crippen LogP) is 5.36. The van der Waals surface area contributed by atoms with Crippen molar-refractivity contribution in [2.75, 3.05) is 5.32 Å². The number of anilines is 1. The number of nitrogens with one attached hydrogen (secondary N) is 3. The van der Waals surface area contributed by atoms with Crippen LogP contribution in [-0.4, -0.2) is 19.9 Å². The molecule has 0 atom stereocenters. The van der Waals surface area contributed by atoms with Gasteiger partial charge in [0.05, 0.1) is 29.5 Å². The van der Waals surface area contributed by atoms with Gasteiger partial charge in [0.1, 0.15) is 0 Å². The molecule has 4 heterocycles. The van der Waals surface area contributed by atoms with Crippen LogP contribution in [0.2, 0.25) is 0 Å². The molecule has 5 heteroatoms. The molecule has 2 aromatic carbocycles. The molecule has 0 aliphatic heterocycles. The molecule has 0 aliphatic rings. The van der Waals surface area contributed by atoms with Crippen molar-refractivity contribution in [3.05, 3.63) is 78.8 Å². The zero-order valence-electron chi connectivity index (χ0n) is 15.0. The number of hydrogen-bond donors (Lipinski definition) is 3. The molecular weight excluding hydrogens is 346 g/mol. The van der Waals surface area contributed by atoms with Gasteiger partial charge >= 0.3 is 0 Å². The second kappa shape index (κ2) is 5.82. The first kappa shape index (κ1) is 15.2. The van der Waals surface area contributed by atoms with Gasteiger partial charge in [-0.25, -0.2) is 4.98 Å². The molecule has 0 spiro atoms. The van der Waals surface area contributed by atoms with E-state index in [2.05, 4.69) is 73.8 Å². The molecule has 0 unspecified atom stereocenters. The van der Waals surface area contributed by atoms with E-state index in [0.29, 0.717) is 6.54 Å². The quantitative estimate of drug-likeness (QED) is 0.396. The van der Waals surface area contributed by atoms with E-state index in [-0.39, 0.29) is 0 Å². The Bertz CT molecular complexity index is 1470. The highest BCUT2D eigenvalue weighted by Crippen LogP contribution is 2.29. The Kier molecular flexibility index (Phi) is 3.17. The molecule has 28 heavy (non-hydrogen) atoms. The number of aromatic nitrogens is 4. The number of H-pyrrole nitrogens is 2. The summed E-state index contributed by atoms with van der Waals surface area (Å²) in [5.74, 6) is 0.842. The van der Waals surface area contributed by atoms with E-state index >= 15 is 0 Å². The topological polar surface area (TPSA) is 69.4 Å². The number of aromatic amines is 2. The normalized spacial score (nSPS) is 11.7. The Hall–Kier alpha value is -3.86. The van der Waals surface area contributed by atoms with E-state index in [1.165, 1.54) is 21.5 Å². The second-order valence-electron chi connectivity index (χ2n) is 7.00. The fourth-order valence-corrected chi connectivity index (χ4v) is 3.97. The summed E-state index contributed by atoms with van der Waals surface area (Å²) in [5, 5.41) is 8.25. The van der Waals surface area contributed by atoms with Crippen LogP contribution >= 0.6 is 0 Å². The molecule has 5 nitrogen and oxygen atoms in total. The molecule has 0 saturated heterocycles. The van der Waals surface area contributed by atoms with Gasteiger partial charge in [-0.1, -0.05) is 36.4 Å². The van der Waals surface area contributed by atoms with Gasteiger partial charge in [0.25, 0.3) is 0 Å². The van der Waals surface area contributed by atoms with Crippen molar-refractivity contribution in [1.29, 1.82) is 0 Å². The maximum Gasteiger partial charge on any atom is 0.150 e. The van der Waals surface area contributed by atoms with Crippen LogP contribution in [0.15, 0.2) is 73.1 Å². The highest BCUT2D eigenvalue weighted by Gasteiger charge is 2.10. The smallest absolute Gasteiger partial charge is 0.150 e. The van der Waals surface area contributed by atoms with Gasteiger partial charge in [-0.3, -0.25) is 4.98 Å². The van der Waals surface area contributed by atoms with Crippen molar-refractivity contribution in [3.63, 3.8) is 0 Å². The van der Waals surface area contributed by atoms with Gasteiger partial charge < -0.3 is 15.3 Å². The van der Waals surface area contributed by atoms with E-state index < -0.39 is 0 Å². The lowest BCUT2D eigenvalue weighted by Crippen LogP contribution is -2.03. The zero-order chi connectivity index (χ0) is 18.5. The zero-order valence-corrected chi connectivity index (χ0v) is 15.0. The Labute approximate surface area is 160 Å². The molecule has 3 N–H and O–H groups in total. The van der Waals surface area contributed by atoms with Crippen LogP contribution in [0, 0.1) is 0 Å². The first-order chi connectivity index (χ1) is 13.9. The fraction of sp³-hybridized carbons (Fsp3) is 0.0435. The maximum atomic E-state index is 4.61. The fourth-order valence-electron chi connectivity index (χ4n) is 3.97. The average molecular weight is 363 g/mol. The molecular formula is C23H17N5. The summed E-state index contributed by atoms with van der Waals surface area (Å²) in [6.07, 6.45) is 3.75. The maximum absolute atomic E-state index is 4.61. The van der Waals surface area contributed by atoms with Crippen LogP contribution in [0.3, 0.4) is 0 Å². The SMILES string of the molecule is c1ccc2c(c1)[nH]c1cnc(CNc3nccc4c3[nH]c3ccccc34)cc12. The van der Waals surface area contributed by atoms with E-state index in [4.69, 9.17) is 0 Å². The van der Waals surface area contributed by atoms with Crippen LogP contribution in [0.5, 0.6) is 0 Å². The van der Waals surface area contributed by atoms with Gasteiger partial charge in [0.15, 0.2) is 5.82 Å². The molecule has 0 bridgehead atoms. The second-order valence-corrected chi connectivity index (χ2v) is 7.00. The highest BCUT2D eigenvalue weighted by molar-refractivity contribution is 6.10. The standard InChI is InChI=1S/C23H17N5/c1-4-8-20-15(5-1)17-9-10-24-23(22(17)28-20)26-12-14-11-18-16-6-2-3-7-19(16)27-21(18)13-25-14/h1-11,13,27-28H,12H2,(H,24,26). The minimum absolute atomic E-state index is 0.608. The predicted molar refractivity (Wildman–Crippen MR) is 115 cm³/mol. The monoisotopic (exact) mass is 363 g/mol. The molecule has 0 radical (unpaired) electrons. The number of para-hydroxylation sites is 2. The van der Waals surface area contributed by atoms with Crippen LogP contribution < -0.4 is 5.32 Å². The number of fused-ring (bicyclic) bond motifs is 6. The van der Waals surface area contributed by atoms with Crippen LogP contribution in [0.4, 0.5) is 5.82 Å². The van der Waals surface area contributed by atoms with Gasteiger partial charge in [-0.05, 0) is 24.3 Å². The molecule has 6 aromatic rings. The van der Waals surface area contributed by atoms with Crippen LogP contribution in [-0.2, 0) is 6.54 Å².